The molecule has 58 valence electrons. The highest BCUT2D eigenvalue weighted by atomic mass is 16.5. The molecular weight excluding hydrogens is 136 g/mol. The Morgan fingerprint density at radius 3 is 2.90 bits per heavy atom. The van der Waals surface area contributed by atoms with Crippen molar-refractivity contribution in [1.82, 2.24) is 0 Å². The summed E-state index contributed by atoms with van der Waals surface area (Å²) in [4.78, 5) is 10.7. The van der Waals surface area contributed by atoms with Gasteiger partial charge in [-0.2, -0.15) is 0 Å². The van der Waals surface area contributed by atoms with Gasteiger partial charge in [0.2, 0.25) is 0 Å². The second-order valence-corrected chi connectivity index (χ2v) is 2.31. The normalized spacial score (nSPS) is 28.2. The maximum atomic E-state index is 10.7. The molecule has 0 aromatic rings. The van der Waals surface area contributed by atoms with Crippen LogP contribution in [0.3, 0.4) is 0 Å². The van der Waals surface area contributed by atoms with Crippen LogP contribution >= 0.6 is 0 Å². The summed E-state index contributed by atoms with van der Waals surface area (Å²) in [6.07, 6.45) is -0.435. The first kappa shape index (κ1) is 7.50. The lowest BCUT2D eigenvalue weighted by molar-refractivity contribution is -0.144. The predicted molar refractivity (Wildman–Crippen MR) is 32.2 cm³/mol. The largest absolute Gasteiger partial charge is 0.465 e. The maximum Gasteiger partial charge on any atom is 0.311 e. The van der Waals surface area contributed by atoms with E-state index < -0.39 is 18.0 Å². The first-order valence-corrected chi connectivity index (χ1v) is 3.21. The molecule has 0 aromatic heterocycles. The van der Waals surface area contributed by atoms with Crippen LogP contribution in [0.5, 0.6) is 0 Å². The van der Waals surface area contributed by atoms with Crippen LogP contribution in [0.15, 0.2) is 0 Å². The van der Waals surface area contributed by atoms with E-state index in [2.05, 4.69) is 4.74 Å². The fraction of sp³-hybridized carbons (Fsp3) is 0.833. The third kappa shape index (κ3) is 1.27. The minimum absolute atomic E-state index is 0.362. The molecule has 2 atom stereocenters. The lowest BCUT2D eigenvalue weighted by atomic mass is 10.0. The summed E-state index contributed by atoms with van der Waals surface area (Å²) in [6.45, 7) is -0.0136. The minimum Gasteiger partial charge on any atom is -0.465 e. The molecule has 2 unspecified atom stereocenters. The summed E-state index contributed by atoms with van der Waals surface area (Å²) in [7, 11) is 0. The standard InChI is InChI=1S/C6H10O4/c7-3-5(8)4-1-2-10-6(4)9/h4-5,7-8H,1-3H2. The third-order valence-electron chi connectivity index (χ3n) is 1.63. The lowest BCUT2D eigenvalue weighted by Gasteiger charge is -2.09. The molecule has 1 rings (SSSR count). The van der Waals surface area contributed by atoms with Crippen molar-refractivity contribution < 1.29 is 19.7 Å². The number of carbonyl (C=O) groups excluding carboxylic acids is 1. The molecule has 0 saturated carbocycles. The van der Waals surface area contributed by atoms with Crippen LogP contribution in [-0.2, 0) is 9.53 Å². The second-order valence-electron chi connectivity index (χ2n) is 2.31. The third-order valence-corrected chi connectivity index (χ3v) is 1.63. The number of ether oxygens (including phenoxy) is 1. The quantitative estimate of drug-likeness (QED) is 0.485. The molecule has 1 saturated heterocycles. The van der Waals surface area contributed by atoms with Crippen LogP contribution in [0.2, 0.25) is 0 Å². The molecule has 0 aliphatic carbocycles. The highest BCUT2D eigenvalue weighted by molar-refractivity contribution is 5.74. The van der Waals surface area contributed by atoms with Crippen LogP contribution < -0.4 is 0 Å². The van der Waals surface area contributed by atoms with Gasteiger partial charge < -0.3 is 14.9 Å². The topological polar surface area (TPSA) is 66.8 Å². The molecule has 1 heterocycles. The number of esters is 1. The summed E-state index contributed by atoms with van der Waals surface area (Å²) in [6, 6.07) is 0. The smallest absolute Gasteiger partial charge is 0.311 e. The summed E-state index contributed by atoms with van der Waals surface area (Å²) in [5, 5.41) is 17.4. The van der Waals surface area contributed by atoms with Crippen LogP contribution in [0.25, 0.3) is 0 Å². The molecule has 0 amide bonds. The summed E-state index contributed by atoms with van der Waals surface area (Å²) in [5.41, 5.74) is 0. The van der Waals surface area contributed by atoms with Gasteiger partial charge in [0.15, 0.2) is 0 Å². The molecule has 1 aliphatic heterocycles. The average molecular weight is 146 g/mol. The second kappa shape index (κ2) is 2.98. The van der Waals surface area contributed by atoms with Crippen molar-refractivity contribution in [1.29, 1.82) is 0 Å². The molecule has 2 N–H and O–H groups in total. The van der Waals surface area contributed by atoms with E-state index in [1.54, 1.807) is 0 Å². The first-order chi connectivity index (χ1) is 4.75. The maximum absolute atomic E-state index is 10.7. The number of rotatable bonds is 2. The molecule has 10 heavy (non-hydrogen) atoms. The molecule has 0 aromatic carbocycles. The predicted octanol–water partition coefficient (Wildman–Crippen LogP) is -1.10. The summed E-state index contributed by atoms with van der Waals surface area (Å²) < 4.78 is 4.58. The Hall–Kier alpha value is -0.610. The molecule has 0 bridgehead atoms. The molecule has 4 heteroatoms. The van der Waals surface area contributed by atoms with Gasteiger partial charge in [0.1, 0.15) is 0 Å². The monoisotopic (exact) mass is 146 g/mol. The fourth-order valence-electron chi connectivity index (χ4n) is 0.988. The van der Waals surface area contributed by atoms with Crippen LogP contribution in [0, 0.1) is 5.92 Å². The molecule has 1 aliphatic rings. The van der Waals surface area contributed by atoms with Gasteiger partial charge in [-0.05, 0) is 6.42 Å². The zero-order chi connectivity index (χ0) is 7.56. The van der Waals surface area contributed by atoms with Gasteiger partial charge >= 0.3 is 5.97 Å². The van der Waals surface area contributed by atoms with Gasteiger partial charge in [-0.3, -0.25) is 4.79 Å². The van der Waals surface area contributed by atoms with E-state index >= 15 is 0 Å². The van der Waals surface area contributed by atoms with Crippen molar-refractivity contribution in [3.8, 4) is 0 Å². The number of aliphatic hydroxyl groups excluding tert-OH is 2. The molecule has 0 spiro atoms. The number of cyclic esters (lactones) is 1. The fourth-order valence-corrected chi connectivity index (χ4v) is 0.988. The molecule has 0 radical (unpaired) electrons. The van der Waals surface area contributed by atoms with E-state index in [1.165, 1.54) is 0 Å². The van der Waals surface area contributed by atoms with E-state index in [0.29, 0.717) is 13.0 Å². The summed E-state index contributed by atoms with van der Waals surface area (Å²) >= 11 is 0. The van der Waals surface area contributed by atoms with Crippen LogP contribution in [0.1, 0.15) is 6.42 Å². The van der Waals surface area contributed by atoms with Crippen LogP contribution in [-0.4, -0.2) is 35.5 Å². The Bertz CT molecular complexity index is 134. The lowest BCUT2D eigenvalue weighted by Crippen LogP contribution is -2.27. The SMILES string of the molecule is O=C1OCCC1C(O)CO. The molecule has 1 fully saturated rings. The van der Waals surface area contributed by atoms with Gasteiger partial charge in [-0.1, -0.05) is 0 Å². The van der Waals surface area contributed by atoms with E-state index in [4.69, 9.17) is 10.2 Å². The first-order valence-electron chi connectivity index (χ1n) is 3.21. The molecule has 4 nitrogen and oxygen atoms in total. The Balaban J connectivity index is 2.46. The Morgan fingerprint density at radius 1 is 1.80 bits per heavy atom. The van der Waals surface area contributed by atoms with Crippen molar-refractivity contribution >= 4 is 5.97 Å². The highest BCUT2D eigenvalue weighted by Gasteiger charge is 2.32. The van der Waals surface area contributed by atoms with Crippen molar-refractivity contribution in [2.45, 2.75) is 12.5 Å². The van der Waals surface area contributed by atoms with Crippen molar-refractivity contribution in [3.63, 3.8) is 0 Å². The van der Waals surface area contributed by atoms with Gasteiger partial charge in [0, 0.05) is 0 Å². The van der Waals surface area contributed by atoms with Gasteiger partial charge in [0.25, 0.3) is 0 Å². The Morgan fingerprint density at radius 2 is 2.50 bits per heavy atom. The van der Waals surface area contributed by atoms with Crippen molar-refractivity contribution in [3.05, 3.63) is 0 Å². The van der Waals surface area contributed by atoms with Crippen molar-refractivity contribution in [2.24, 2.45) is 5.92 Å². The van der Waals surface area contributed by atoms with Gasteiger partial charge in [0.05, 0.1) is 25.2 Å². The van der Waals surface area contributed by atoms with Crippen LogP contribution in [0.4, 0.5) is 0 Å². The van der Waals surface area contributed by atoms with Gasteiger partial charge in [-0.15, -0.1) is 0 Å². The number of hydrogen-bond acceptors (Lipinski definition) is 4. The number of aliphatic hydroxyl groups is 2. The Kier molecular flexibility index (Phi) is 2.24. The highest BCUT2D eigenvalue weighted by Crippen LogP contribution is 2.17. The zero-order valence-electron chi connectivity index (χ0n) is 5.49. The zero-order valence-corrected chi connectivity index (χ0v) is 5.49. The minimum atomic E-state index is -0.949. The van der Waals surface area contributed by atoms with E-state index in [1.807, 2.05) is 0 Å². The van der Waals surface area contributed by atoms with Crippen molar-refractivity contribution in [2.75, 3.05) is 13.2 Å². The van der Waals surface area contributed by atoms with E-state index in [9.17, 15) is 4.79 Å². The van der Waals surface area contributed by atoms with E-state index in [-0.39, 0.29) is 6.61 Å². The molecular formula is C6H10O4. The number of hydrogen-bond donors (Lipinski definition) is 2. The number of carbonyl (C=O) groups is 1. The Labute approximate surface area is 58.4 Å². The van der Waals surface area contributed by atoms with Gasteiger partial charge in [-0.25, -0.2) is 0 Å². The van der Waals surface area contributed by atoms with E-state index in [0.717, 1.165) is 0 Å². The summed E-state index contributed by atoms with van der Waals surface area (Å²) in [5.74, 6) is -0.911. The average Bonchev–Trinajstić information content (AvgIpc) is 2.34.